The molecule has 1 aliphatic heterocycles. The molecule has 1 rings (SSSR count). The second-order valence-electron chi connectivity index (χ2n) is 5.08. The number of likely N-dealkylation sites (N-methyl/N-ethyl adjacent to an activating group) is 3. The molecule has 0 spiro atoms. The number of nitrogens with one attached hydrogen (secondary N) is 1. The molecule has 16 heavy (non-hydrogen) atoms. The molecule has 4 heteroatoms. The summed E-state index contributed by atoms with van der Waals surface area (Å²) in [6.45, 7) is 5.21. The summed E-state index contributed by atoms with van der Waals surface area (Å²) in [7, 11) is 8.49. The minimum atomic E-state index is 0.565. The molecule has 0 amide bonds. The summed E-state index contributed by atoms with van der Waals surface area (Å²) in [6, 6.07) is 0.565. The Labute approximate surface area is 99.9 Å². The van der Waals surface area contributed by atoms with Crippen molar-refractivity contribution in [2.75, 3.05) is 61.0 Å². The van der Waals surface area contributed by atoms with E-state index in [2.05, 4.69) is 43.3 Å². The van der Waals surface area contributed by atoms with Gasteiger partial charge in [0, 0.05) is 38.2 Å². The fraction of sp³-hybridized carbons (Fsp3) is 1.00. The van der Waals surface area contributed by atoms with Gasteiger partial charge in [-0.3, -0.25) is 0 Å². The highest BCUT2D eigenvalue weighted by atomic mass is 16.5. The zero-order chi connectivity index (χ0) is 12.0. The maximum atomic E-state index is 5.45. The lowest BCUT2D eigenvalue weighted by molar-refractivity contribution is 0.166. The van der Waals surface area contributed by atoms with Gasteiger partial charge in [-0.05, 0) is 34.6 Å². The maximum absolute atomic E-state index is 5.45. The molecule has 2 unspecified atom stereocenters. The van der Waals surface area contributed by atoms with Gasteiger partial charge in [-0.25, -0.2) is 0 Å². The summed E-state index contributed by atoms with van der Waals surface area (Å²) < 4.78 is 5.45. The van der Waals surface area contributed by atoms with E-state index in [-0.39, 0.29) is 0 Å². The normalized spacial score (nSPS) is 23.2. The molecule has 0 bridgehead atoms. The van der Waals surface area contributed by atoms with E-state index in [1.54, 1.807) is 0 Å². The predicted molar refractivity (Wildman–Crippen MR) is 67.8 cm³/mol. The molecule has 1 fully saturated rings. The maximum Gasteiger partial charge on any atom is 0.0510 e. The molecule has 0 aromatic carbocycles. The Morgan fingerprint density at radius 3 is 2.56 bits per heavy atom. The van der Waals surface area contributed by atoms with E-state index in [1.807, 2.05) is 0 Å². The van der Waals surface area contributed by atoms with Gasteiger partial charge in [0.05, 0.1) is 6.61 Å². The van der Waals surface area contributed by atoms with Crippen LogP contribution >= 0.6 is 0 Å². The number of hydrogen-bond donors (Lipinski definition) is 1. The molecule has 1 heterocycles. The number of ether oxygens (including phenoxy) is 1. The van der Waals surface area contributed by atoms with Gasteiger partial charge in [0.25, 0.3) is 0 Å². The first kappa shape index (κ1) is 13.9. The lowest BCUT2D eigenvalue weighted by Crippen LogP contribution is -2.44. The van der Waals surface area contributed by atoms with Crippen molar-refractivity contribution in [2.24, 2.45) is 5.92 Å². The van der Waals surface area contributed by atoms with Crippen molar-refractivity contribution in [3.63, 3.8) is 0 Å². The molecule has 1 N–H and O–H groups in total. The number of nitrogens with zero attached hydrogens (tertiary/aromatic N) is 2. The lowest BCUT2D eigenvalue weighted by Gasteiger charge is -2.28. The van der Waals surface area contributed by atoms with Crippen LogP contribution in [0.25, 0.3) is 0 Å². The van der Waals surface area contributed by atoms with E-state index in [0.717, 1.165) is 32.8 Å². The van der Waals surface area contributed by atoms with Gasteiger partial charge in [-0.15, -0.1) is 0 Å². The molecule has 1 saturated heterocycles. The molecule has 4 nitrogen and oxygen atoms in total. The van der Waals surface area contributed by atoms with Crippen molar-refractivity contribution in [3.05, 3.63) is 0 Å². The van der Waals surface area contributed by atoms with E-state index >= 15 is 0 Å². The lowest BCUT2D eigenvalue weighted by atomic mass is 9.99. The van der Waals surface area contributed by atoms with Crippen LogP contribution in [-0.2, 0) is 4.74 Å². The van der Waals surface area contributed by atoms with Gasteiger partial charge in [0.2, 0.25) is 0 Å². The third kappa shape index (κ3) is 4.78. The highest BCUT2D eigenvalue weighted by Crippen LogP contribution is 2.17. The Bertz CT molecular complexity index is 181. The average molecular weight is 229 g/mol. The Morgan fingerprint density at radius 1 is 1.31 bits per heavy atom. The van der Waals surface area contributed by atoms with Crippen LogP contribution in [0.5, 0.6) is 0 Å². The smallest absolute Gasteiger partial charge is 0.0510 e. The van der Waals surface area contributed by atoms with Gasteiger partial charge >= 0.3 is 0 Å². The summed E-state index contributed by atoms with van der Waals surface area (Å²) in [6.07, 6.45) is 1.20. The van der Waals surface area contributed by atoms with E-state index in [1.165, 1.54) is 6.42 Å². The fourth-order valence-electron chi connectivity index (χ4n) is 2.14. The first-order chi connectivity index (χ1) is 7.63. The second-order valence-corrected chi connectivity index (χ2v) is 5.08. The number of hydrogen-bond acceptors (Lipinski definition) is 4. The first-order valence-corrected chi connectivity index (χ1v) is 6.21. The predicted octanol–water partition coefficient (Wildman–Crippen LogP) is 0.104. The summed E-state index contributed by atoms with van der Waals surface area (Å²) in [5.74, 6) is 0.687. The number of rotatable bonds is 7. The minimum Gasteiger partial charge on any atom is -0.381 e. The van der Waals surface area contributed by atoms with E-state index in [0.29, 0.717) is 12.0 Å². The van der Waals surface area contributed by atoms with Gasteiger partial charge in [0.15, 0.2) is 0 Å². The topological polar surface area (TPSA) is 27.7 Å². The second kappa shape index (κ2) is 7.22. The van der Waals surface area contributed by atoms with Crippen molar-refractivity contribution in [2.45, 2.75) is 12.5 Å². The molecule has 0 aliphatic carbocycles. The largest absolute Gasteiger partial charge is 0.381 e. The highest BCUT2D eigenvalue weighted by molar-refractivity contribution is 4.80. The molecule has 0 radical (unpaired) electrons. The molecule has 2 atom stereocenters. The molecule has 1 aliphatic rings. The van der Waals surface area contributed by atoms with Crippen molar-refractivity contribution >= 4 is 0 Å². The molecule has 0 aromatic heterocycles. The third-order valence-electron chi connectivity index (χ3n) is 3.34. The quantitative estimate of drug-likeness (QED) is 0.670. The van der Waals surface area contributed by atoms with E-state index in [9.17, 15) is 0 Å². The Balaban J connectivity index is 2.25. The van der Waals surface area contributed by atoms with Crippen LogP contribution in [0, 0.1) is 5.92 Å². The third-order valence-corrected chi connectivity index (χ3v) is 3.34. The van der Waals surface area contributed by atoms with E-state index < -0.39 is 0 Å². The molecule has 96 valence electrons. The van der Waals surface area contributed by atoms with Crippen LogP contribution in [0.3, 0.4) is 0 Å². The monoisotopic (exact) mass is 229 g/mol. The first-order valence-electron chi connectivity index (χ1n) is 6.21. The summed E-state index contributed by atoms with van der Waals surface area (Å²) in [5, 5.41) is 3.43. The van der Waals surface area contributed by atoms with Crippen LogP contribution < -0.4 is 5.32 Å². The Hall–Kier alpha value is -0.160. The molecule has 0 aromatic rings. The fourth-order valence-corrected chi connectivity index (χ4v) is 2.14. The van der Waals surface area contributed by atoms with Crippen LogP contribution in [0.15, 0.2) is 0 Å². The van der Waals surface area contributed by atoms with Crippen molar-refractivity contribution in [3.8, 4) is 0 Å². The van der Waals surface area contributed by atoms with Crippen LogP contribution in [0.1, 0.15) is 6.42 Å². The molecular formula is C12H27N3O. The van der Waals surface area contributed by atoms with Gasteiger partial charge in [0.1, 0.15) is 0 Å². The van der Waals surface area contributed by atoms with Crippen LogP contribution in [-0.4, -0.2) is 76.9 Å². The zero-order valence-electron chi connectivity index (χ0n) is 11.2. The summed E-state index contributed by atoms with van der Waals surface area (Å²) >= 11 is 0. The zero-order valence-corrected chi connectivity index (χ0v) is 11.2. The van der Waals surface area contributed by atoms with Gasteiger partial charge in [-0.2, -0.15) is 0 Å². The van der Waals surface area contributed by atoms with Crippen molar-refractivity contribution in [1.29, 1.82) is 0 Å². The summed E-state index contributed by atoms with van der Waals surface area (Å²) in [4.78, 5) is 4.63. The summed E-state index contributed by atoms with van der Waals surface area (Å²) in [5.41, 5.74) is 0. The van der Waals surface area contributed by atoms with Gasteiger partial charge < -0.3 is 19.9 Å². The van der Waals surface area contributed by atoms with Crippen molar-refractivity contribution < 1.29 is 4.74 Å². The SMILES string of the molecule is CNC(CN(C)CCN(C)C)C1CCOC1. The average Bonchev–Trinajstić information content (AvgIpc) is 2.76. The minimum absolute atomic E-state index is 0.565. The van der Waals surface area contributed by atoms with E-state index in [4.69, 9.17) is 4.74 Å². The highest BCUT2D eigenvalue weighted by Gasteiger charge is 2.25. The standard InChI is InChI=1S/C12H27N3O/c1-13-12(11-5-8-16-10-11)9-15(4)7-6-14(2)3/h11-13H,5-10H2,1-4H3. The van der Waals surface area contributed by atoms with Gasteiger partial charge in [-0.1, -0.05) is 0 Å². The molecular weight excluding hydrogens is 202 g/mol. The van der Waals surface area contributed by atoms with Crippen molar-refractivity contribution in [1.82, 2.24) is 15.1 Å². The Kier molecular flexibility index (Phi) is 6.28. The van der Waals surface area contributed by atoms with Crippen LogP contribution in [0.4, 0.5) is 0 Å². The Morgan fingerprint density at radius 2 is 2.06 bits per heavy atom. The molecule has 0 saturated carbocycles. The van der Waals surface area contributed by atoms with Crippen LogP contribution in [0.2, 0.25) is 0 Å².